The Kier molecular flexibility index (Phi) is 4.36. The molecule has 114 valence electrons. The Morgan fingerprint density at radius 2 is 2.19 bits per heavy atom. The molecule has 0 radical (unpaired) electrons. The number of hydrogen-bond donors (Lipinski definition) is 2. The number of rotatable bonds is 4. The summed E-state index contributed by atoms with van der Waals surface area (Å²) in [4.78, 5) is 13.1. The Balaban J connectivity index is 2.09. The molecule has 0 aliphatic carbocycles. The van der Waals surface area contributed by atoms with Crippen molar-refractivity contribution in [2.75, 3.05) is 19.1 Å². The fourth-order valence-corrected chi connectivity index (χ4v) is 3.52. The first-order valence-corrected chi connectivity index (χ1v) is 8.89. The molecule has 0 bridgehead atoms. The van der Waals surface area contributed by atoms with Crippen LogP contribution in [0.4, 0.5) is 0 Å². The van der Waals surface area contributed by atoms with Crippen LogP contribution in [-0.2, 0) is 4.74 Å². The quantitative estimate of drug-likeness (QED) is 0.632. The normalized spacial score (nSPS) is 25.8. The molecule has 0 unspecified atom stereocenters. The summed E-state index contributed by atoms with van der Waals surface area (Å²) < 4.78 is 7.61. The molecule has 2 N–H and O–H groups in total. The van der Waals surface area contributed by atoms with Crippen LogP contribution in [0, 0.1) is 0 Å². The average molecular weight is 328 g/mol. The molecular formula is C12H16N4O3S2. The number of ether oxygens (including phenoxy) is 1. The summed E-state index contributed by atoms with van der Waals surface area (Å²) in [5.74, 6) is 0. The van der Waals surface area contributed by atoms with Gasteiger partial charge in [-0.2, -0.15) is 0 Å². The van der Waals surface area contributed by atoms with Crippen molar-refractivity contribution in [2.45, 2.75) is 35.0 Å². The van der Waals surface area contributed by atoms with E-state index in [0.29, 0.717) is 12.1 Å². The third kappa shape index (κ3) is 2.53. The zero-order chi connectivity index (χ0) is 15.0. The molecule has 0 saturated carbocycles. The fourth-order valence-electron chi connectivity index (χ4n) is 2.46. The number of fused-ring (bicyclic) bond motifs is 1. The highest BCUT2D eigenvalue weighted by molar-refractivity contribution is 7.99. The molecule has 2 aromatic rings. The van der Waals surface area contributed by atoms with E-state index in [1.54, 1.807) is 0 Å². The highest BCUT2D eigenvalue weighted by atomic mass is 32.2. The van der Waals surface area contributed by atoms with Gasteiger partial charge < -0.3 is 14.9 Å². The Labute approximate surface area is 130 Å². The predicted octanol–water partition coefficient (Wildman–Crippen LogP) is 0.911. The van der Waals surface area contributed by atoms with Crippen LogP contribution in [0.1, 0.15) is 12.6 Å². The van der Waals surface area contributed by atoms with Crippen molar-refractivity contribution in [1.82, 2.24) is 19.5 Å². The van der Waals surface area contributed by atoms with Crippen LogP contribution >= 0.6 is 23.5 Å². The molecule has 0 spiro atoms. The molecule has 21 heavy (non-hydrogen) atoms. The minimum atomic E-state index is -0.686. The second-order valence-electron chi connectivity index (χ2n) is 4.64. The Hall–Kier alpha value is -0.870. The molecular weight excluding hydrogens is 312 g/mol. The zero-order valence-electron chi connectivity index (χ0n) is 11.6. The maximum Gasteiger partial charge on any atom is 0.172 e. The number of hydrogen-bond acceptors (Lipinski definition) is 8. The lowest BCUT2D eigenvalue weighted by Crippen LogP contribution is -2.24. The highest BCUT2D eigenvalue weighted by Crippen LogP contribution is 2.35. The predicted molar refractivity (Wildman–Crippen MR) is 80.5 cm³/mol. The third-order valence-corrected chi connectivity index (χ3v) is 4.80. The lowest BCUT2D eigenvalue weighted by Gasteiger charge is -2.15. The number of imidazole rings is 1. The molecule has 9 heteroatoms. The van der Waals surface area contributed by atoms with Gasteiger partial charge in [-0.3, -0.25) is 4.57 Å². The first kappa shape index (κ1) is 15.0. The van der Waals surface area contributed by atoms with Crippen LogP contribution in [0.2, 0.25) is 0 Å². The number of aromatic nitrogens is 4. The maximum atomic E-state index is 9.93. The smallest absolute Gasteiger partial charge is 0.172 e. The van der Waals surface area contributed by atoms with Crippen LogP contribution < -0.4 is 0 Å². The largest absolute Gasteiger partial charge is 0.394 e. The van der Waals surface area contributed by atoms with Gasteiger partial charge in [0.2, 0.25) is 0 Å². The first-order chi connectivity index (χ1) is 10.2. The summed E-state index contributed by atoms with van der Waals surface area (Å²) in [6.45, 7) is -0.204. The standard InChI is InChI=1S/C12H16N4O3S2/c1-20-11-9-10(13-5-14-11)16(12(15-9)21-2)8-3-6(18)7(4-17)19-8/h5-8,17-18H,3-4H2,1-2H3/t6-,7+,8+/m1/s1. The molecule has 2 aromatic heterocycles. The van der Waals surface area contributed by atoms with Gasteiger partial charge in [-0.05, 0) is 12.5 Å². The van der Waals surface area contributed by atoms with Gasteiger partial charge in [0.05, 0.1) is 12.7 Å². The van der Waals surface area contributed by atoms with Gasteiger partial charge in [-0.15, -0.1) is 11.8 Å². The summed E-state index contributed by atoms with van der Waals surface area (Å²) in [6.07, 6.45) is 4.15. The summed E-state index contributed by atoms with van der Waals surface area (Å²) in [6, 6.07) is 0. The van der Waals surface area contributed by atoms with Crippen LogP contribution in [-0.4, -0.2) is 61.1 Å². The molecule has 0 aromatic carbocycles. The number of aliphatic hydroxyl groups excluding tert-OH is 2. The van der Waals surface area contributed by atoms with E-state index >= 15 is 0 Å². The highest BCUT2D eigenvalue weighted by Gasteiger charge is 2.36. The van der Waals surface area contributed by atoms with E-state index in [1.807, 2.05) is 17.1 Å². The molecule has 0 amide bonds. The van der Waals surface area contributed by atoms with Crippen LogP contribution in [0.3, 0.4) is 0 Å². The van der Waals surface area contributed by atoms with Gasteiger partial charge in [-0.1, -0.05) is 11.8 Å². The van der Waals surface area contributed by atoms with Gasteiger partial charge in [0, 0.05) is 6.42 Å². The Morgan fingerprint density at radius 3 is 2.81 bits per heavy atom. The average Bonchev–Trinajstić information content (AvgIpc) is 3.06. The molecule has 1 aliphatic rings. The van der Waals surface area contributed by atoms with E-state index in [4.69, 9.17) is 4.74 Å². The van der Waals surface area contributed by atoms with E-state index in [1.165, 1.54) is 29.9 Å². The summed E-state index contributed by atoms with van der Waals surface area (Å²) >= 11 is 3.00. The summed E-state index contributed by atoms with van der Waals surface area (Å²) in [7, 11) is 0. The van der Waals surface area contributed by atoms with Crippen molar-refractivity contribution < 1.29 is 14.9 Å². The van der Waals surface area contributed by atoms with E-state index in [0.717, 1.165) is 15.7 Å². The van der Waals surface area contributed by atoms with Crippen molar-refractivity contribution in [3.05, 3.63) is 6.33 Å². The second-order valence-corrected chi connectivity index (χ2v) is 6.21. The fraction of sp³-hybridized carbons (Fsp3) is 0.583. The van der Waals surface area contributed by atoms with Gasteiger partial charge in [0.1, 0.15) is 29.2 Å². The molecule has 3 heterocycles. The van der Waals surface area contributed by atoms with Crippen LogP contribution in [0.15, 0.2) is 16.5 Å². The molecule has 1 aliphatic heterocycles. The molecule has 7 nitrogen and oxygen atoms in total. The van der Waals surface area contributed by atoms with Crippen molar-refractivity contribution in [1.29, 1.82) is 0 Å². The maximum absolute atomic E-state index is 9.93. The topological polar surface area (TPSA) is 93.3 Å². The third-order valence-electron chi connectivity index (χ3n) is 3.46. The monoisotopic (exact) mass is 328 g/mol. The van der Waals surface area contributed by atoms with Crippen LogP contribution in [0.5, 0.6) is 0 Å². The number of thioether (sulfide) groups is 2. The van der Waals surface area contributed by atoms with E-state index in [-0.39, 0.29) is 12.8 Å². The molecule has 1 fully saturated rings. The zero-order valence-corrected chi connectivity index (χ0v) is 13.3. The summed E-state index contributed by atoms with van der Waals surface area (Å²) in [5, 5.41) is 20.7. The van der Waals surface area contributed by atoms with Gasteiger partial charge in [-0.25, -0.2) is 15.0 Å². The van der Waals surface area contributed by atoms with Crippen molar-refractivity contribution >= 4 is 34.7 Å². The Morgan fingerprint density at radius 1 is 1.38 bits per heavy atom. The lowest BCUT2D eigenvalue weighted by atomic mass is 10.2. The van der Waals surface area contributed by atoms with E-state index < -0.39 is 12.2 Å². The molecule has 1 saturated heterocycles. The van der Waals surface area contributed by atoms with Crippen LogP contribution in [0.25, 0.3) is 11.2 Å². The van der Waals surface area contributed by atoms with E-state index in [2.05, 4.69) is 15.0 Å². The Bertz CT molecular complexity index is 651. The van der Waals surface area contributed by atoms with Crippen molar-refractivity contribution in [3.63, 3.8) is 0 Å². The minimum Gasteiger partial charge on any atom is -0.394 e. The SMILES string of the molecule is CSc1ncnc2c1nc(SC)n2[C@@H]1C[C@@H](O)[C@H](CO)O1. The number of nitrogens with zero attached hydrogens (tertiary/aromatic N) is 4. The summed E-state index contributed by atoms with van der Waals surface area (Å²) in [5.41, 5.74) is 1.43. The van der Waals surface area contributed by atoms with Crippen molar-refractivity contribution in [3.8, 4) is 0 Å². The van der Waals surface area contributed by atoms with Gasteiger partial charge >= 0.3 is 0 Å². The van der Waals surface area contributed by atoms with Gasteiger partial charge in [0.15, 0.2) is 10.8 Å². The van der Waals surface area contributed by atoms with E-state index in [9.17, 15) is 10.2 Å². The lowest BCUT2D eigenvalue weighted by molar-refractivity contribution is -0.0457. The van der Waals surface area contributed by atoms with Crippen molar-refractivity contribution in [2.24, 2.45) is 0 Å². The molecule has 3 rings (SSSR count). The minimum absolute atomic E-state index is 0.204. The van der Waals surface area contributed by atoms with Gasteiger partial charge in [0.25, 0.3) is 0 Å². The molecule has 3 atom stereocenters. The first-order valence-electron chi connectivity index (χ1n) is 6.44. The number of aliphatic hydroxyl groups is 2. The second kappa shape index (κ2) is 6.09.